The first-order chi connectivity index (χ1) is 12.0. The minimum atomic E-state index is -1.14. The van der Waals surface area contributed by atoms with Crippen LogP contribution in [0.1, 0.15) is 48.8 Å². The zero-order valence-electron chi connectivity index (χ0n) is 15.9. The van der Waals surface area contributed by atoms with Crippen LogP contribution in [0.3, 0.4) is 0 Å². The monoisotopic (exact) mass is 348 g/mol. The summed E-state index contributed by atoms with van der Waals surface area (Å²) in [6.45, 7) is 8.22. The Balaban J connectivity index is 0.00000196. The van der Waals surface area contributed by atoms with Crippen LogP contribution in [0.4, 0.5) is 0 Å². The molecule has 1 N–H and O–H groups in total. The molecular formula is C19H25LiN4O2. The van der Waals surface area contributed by atoms with Gasteiger partial charge in [-0.15, -0.1) is 0 Å². The third-order valence-electron chi connectivity index (χ3n) is 5.70. The largest absolute Gasteiger partial charge is 1.00 e. The van der Waals surface area contributed by atoms with Gasteiger partial charge < -0.3 is 20.1 Å². The van der Waals surface area contributed by atoms with Crippen molar-refractivity contribution >= 4 is 16.9 Å². The van der Waals surface area contributed by atoms with E-state index in [2.05, 4.69) is 24.1 Å². The van der Waals surface area contributed by atoms with Gasteiger partial charge in [-0.25, -0.2) is 0 Å². The molecule has 0 unspecified atom stereocenters. The summed E-state index contributed by atoms with van der Waals surface area (Å²) in [6, 6.07) is 5.95. The van der Waals surface area contributed by atoms with Crippen LogP contribution in [0.25, 0.3) is 10.9 Å². The van der Waals surface area contributed by atoms with Crippen LogP contribution in [-0.2, 0) is 6.54 Å². The first-order valence-electron chi connectivity index (χ1n) is 9.21. The Hall–Kier alpha value is -1.32. The fourth-order valence-electron chi connectivity index (χ4n) is 4.38. The minimum Gasteiger partial charge on any atom is -0.545 e. The fraction of sp³-hybridized carbons (Fsp3) is 0.579. The van der Waals surface area contributed by atoms with Crippen molar-refractivity contribution in [3.63, 3.8) is 0 Å². The van der Waals surface area contributed by atoms with E-state index in [0.29, 0.717) is 18.0 Å². The number of carbonyl (C=O) groups is 1. The number of hydrogen-bond acceptors (Lipinski definition) is 5. The third-order valence-corrected chi connectivity index (χ3v) is 5.70. The van der Waals surface area contributed by atoms with Gasteiger partial charge in [-0.2, -0.15) is 5.10 Å². The van der Waals surface area contributed by atoms with Gasteiger partial charge in [-0.05, 0) is 51.8 Å². The molecule has 4 heterocycles. The van der Waals surface area contributed by atoms with Crippen LogP contribution >= 0.6 is 0 Å². The number of rotatable bonds is 5. The number of carbonyl (C=O) groups excluding carboxylic acids is 1. The van der Waals surface area contributed by atoms with Gasteiger partial charge in [0, 0.05) is 36.1 Å². The second kappa shape index (κ2) is 7.73. The zero-order valence-corrected chi connectivity index (χ0v) is 15.9. The minimum absolute atomic E-state index is 0. The Bertz CT molecular complexity index is 796. The number of nitrogens with one attached hydrogen (secondary N) is 1. The molecule has 3 aliphatic rings. The van der Waals surface area contributed by atoms with E-state index in [1.54, 1.807) is 12.1 Å². The molecule has 3 aliphatic heterocycles. The van der Waals surface area contributed by atoms with Crippen LogP contribution in [0.5, 0.6) is 0 Å². The molecule has 3 saturated heterocycles. The molecule has 0 aliphatic carbocycles. The quantitative estimate of drug-likeness (QED) is 0.644. The average Bonchev–Trinajstić information content (AvgIpc) is 3.00. The number of carboxylic acid groups (broad SMARTS) is 1. The molecule has 5 rings (SSSR count). The van der Waals surface area contributed by atoms with Crippen molar-refractivity contribution in [3.8, 4) is 0 Å². The van der Waals surface area contributed by atoms with Crippen molar-refractivity contribution in [1.82, 2.24) is 20.0 Å². The van der Waals surface area contributed by atoms with Crippen molar-refractivity contribution in [1.29, 1.82) is 0 Å². The molecule has 0 amide bonds. The Morgan fingerprint density at radius 2 is 2.08 bits per heavy atom. The predicted molar refractivity (Wildman–Crippen MR) is 94.2 cm³/mol. The topological polar surface area (TPSA) is 73.2 Å². The molecule has 1 aromatic carbocycles. The summed E-state index contributed by atoms with van der Waals surface area (Å²) in [5, 5.41) is 20.7. The molecule has 0 radical (unpaired) electrons. The first kappa shape index (κ1) is 19.4. The van der Waals surface area contributed by atoms with Gasteiger partial charge in [-0.3, -0.25) is 4.68 Å². The molecule has 3 fully saturated rings. The number of aromatic carboxylic acids is 1. The molecule has 1 aromatic heterocycles. The summed E-state index contributed by atoms with van der Waals surface area (Å²) >= 11 is 0. The molecule has 0 spiro atoms. The number of fused-ring (bicyclic) bond motifs is 4. The molecule has 7 heteroatoms. The number of hydrogen-bond donors (Lipinski definition) is 1. The number of nitrogens with zero attached hydrogens (tertiary/aromatic N) is 3. The number of aromatic nitrogens is 2. The van der Waals surface area contributed by atoms with Gasteiger partial charge >= 0.3 is 18.9 Å². The summed E-state index contributed by atoms with van der Waals surface area (Å²) in [6.07, 6.45) is 2.51. The normalized spacial score (nSPS) is 24.8. The second-order valence-electron chi connectivity index (χ2n) is 7.60. The maximum atomic E-state index is 11.6. The van der Waals surface area contributed by atoms with E-state index < -0.39 is 5.97 Å². The van der Waals surface area contributed by atoms with Crippen LogP contribution in [0.15, 0.2) is 18.2 Å². The number of benzene rings is 1. The van der Waals surface area contributed by atoms with Crippen molar-refractivity contribution < 1.29 is 28.8 Å². The van der Waals surface area contributed by atoms with Gasteiger partial charge in [0.1, 0.15) is 0 Å². The van der Waals surface area contributed by atoms with E-state index in [1.807, 2.05) is 10.7 Å². The summed E-state index contributed by atoms with van der Waals surface area (Å²) in [5.74, 6) is -0.415. The average molecular weight is 348 g/mol. The van der Waals surface area contributed by atoms with E-state index in [0.717, 1.165) is 23.7 Å². The second-order valence-corrected chi connectivity index (χ2v) is 7.60. The summed E-state index contributed by atoms with van der Waals surface area (Å²) in [4.78, 5) is 14.1. The van der Waals surface area contributed by atoms with Gasteiger partial charge in [-0.1, -0.05) is 12.1 Å². The van der Waals surface area contributed by atoms with Crippen molar-refractivity contribution in [3.05, 3.63) is 29.5 Å². The van der Waals surface area contributed by atoms with Gasteiger partial charge in [0.15, 0.2) is 0 Å². The molecular weight excluding hydrogens is 323 g/mol. The van der Waals surface area contributed by atoms with E-state index >= 15 is 0 Å². The van der Waals surface area contributed by atoms with E-state index in [-0.39, 0.29) is 30.5 Å². The Morgan fingerprint density at radius 1 is 1.35 bits per heavy atom. The third kappa shape index (κ3) is 3.44. The maximum Gasteiger partial charge on any atom is 1.00 e. The smallest absolute Gasteiger partial charge is 0.545 e. The molecule has 2 bridgehead atoms. The molecule has 6 nitrogen and oxygen atoms in total. The first-order valence-corrected chi connectivity index (χ1v) is 9.21. The molecule has 134 valence electrons. The van der Waals surface area contributed by atoms with Crippen molar-refractivity contribution in [2.24, 2.45) is 5.92 Å². The van der Waals surface area contributed by atoms with E-state index in [9.17, 15) is 9.90 Å². The van der Waals surface area contributed by atoms with Crippen LogP contribution in [-0.4, -0.2) is 46.3 Å². The standard InChI is InChI=1S/C19H26N4O2.Li/c1-12(2)23-17-5-3-4-14(19(24)25)18(17)15(21-23)10-20-16-11-22-8-6-13(16)7-9-22;/h3-5,12-13,16,20H,6-11H2,1-2H3,(H,24,25);/q;+1/p-1/t16-;/m1./s1. The van der Waals surface area contributed by atoms with Crippen LogP contribution in [0.2, 0.25) is 0 Å². The Kier molecular flexibility index (Phi) is 5.78. The molecule has 2 aromatic rings. The van der Waals surface area contributed by atoms with Gasteiger partial charge in [0.2, 0.25) is 0 Å². The summed E-state index contributed by atoms with van der Waals surface area (Å²) < 4.78 is 1.91. The Morgan fingerprint density at radius 3 is 2.65 bits per heavy atom. The number of carboxylic acids is 1. The fourth-order valence-corrected chi connectivity index (χ4v) is 4.38. The SMILES string of the molecule is CC(C)n1nc(CN[C@@H]2CN3CCC2CC3)c2c(C(=O)[O-])cccc21.[Li+]. The van der Waals surface area contributed by atoms with Crippen molar-refractivity contribution in [2.45, 2.75) is 45.3 Å². The molecule has 26 heavy (non-hydrogen) atoms. The van der Waals surface area contributed by atoms with Crippen LogP contribution < -0.4 is 29.3 Å². The Labute approximate surface area is 166 Å². The maximum absolute atomic E-state index is 11.6. The zero-order chi connectivity index (χ0) is 17.6. The number of piperidine rings is 3. The molecule has 0 saturated carbocycles. The predicted octanol–water partition coefficient (Wildman–Crippen LogP) is -1.83. The summed E-state index contributed by atoms with van der Waals surface area (Å²) in [5.41, 5.74) is 1.90. The van der Waals surface area contributed by atoms with E-state index in [4.69, 9.17) is 5.10 Å². The summed E-state index contributed by atoms with van der Waals surface area (Å²) in [7, 11) is 0. The molecule has 1 atom stereocenters. The van der Waals surface area contributed by atoms with Gasteiger partial charge in [0.25, 0.3) is 0 Å². The van der Waals surface area contributed by atoms with Crippen LogP contribution in [0, 0.1) is 5.92 Å². The van der Waals surface area contributed by atoms with Crippen molar-refractivity contribution in [2.75, 3.05) is 19.6 Å². The van der Waals surface area contributed by atoms with E-state index in [1.165, 1.54) is 25.9 Å². The van der Waals surface area contributed by atoms with Gasteiger partial charge in [0.05, 0.1) is 17.2 Å².